The lowest BCUT2D eigenvalue weighted by Crippen LogP contribution is -2.52. The largest absolute Gasteiger partial charge is 0.369 e. The average Bonchev–Trinajstić information content (AvgIpc) is 3.44. The molecule has 1 N–H and O–H groups in total. The van der Waals surface area contributed by atoms with Gasteiger partial charge in [0.25, 0.3) is 5.91 Å². The second-order valence-electron chi connectivity index (χ2n) is 6.97. The molecule has 28 heavy (non-hydrogen) atoms. The molecule has 3 heterocycles. The first kappa shape index (κ1) is 19.1. The Hall–Kier alpha value is -2.22. The first-order valence-electron chi connectivity index (χ1n) is 9.51. The molecular formula is C21H24N4OS2. The minimum Gasteiger partial charge on any atom is -0.369 e. The highest BCUT2D eigenvalue weighted by Crippen LogP contribution is 2.25. The van der Waals surface area contributed by atoms with Crippen LogP contribution in [0.15, 0.2) is 52.5 Å². The van der Waals surface area contributed by atoms with Crippen LogP contribution in [-0.4, -0.2) is 54.6 Å². The number of carbonyl (C=O) groups is 1. The Bertz CT molecular complexity index is 886. The summed E-state index contributed by atoms with van der Waals surface area (Å²) in [4.78, 5) is 21.8. The highest BCUT2D eigenvalue weighted by atomic mass is 32.1. The van der Waals surface area contributed by atoms with Crippen LogP contribution in [0.1, 0.15) is 17.4 Å². The highest BCUT2D eigenvalue weighted by molar-refractivity contribution is 7.14. The molecule has 5 nitrogen and oxygen atoms in total. The van der Waals surface area contributed by atoms with Crippen LogP contribution in [0.3, 0.4) is 0 Å². The van der Waals surface area contributed by atoms with E-state index in [0.29, 0.717) is 18.3 Å². The molecule has 0 aliphatic carbocycles. The molecule has 1 aliphatic rings. The predicted molar refractivity (Wildman–Crippen MR) is 117 cm³/mol. The van der Waals surface area contributed by atoms with Gasteiger partial charge >= 0.3 is 0 Å². The third-order valence-electron chi connectivity index (χ3n) is 5.12. The molecule has 7 heteroatoms. The van der Waals surface area contributed by atoms with Gasteiger partial charge in [0.15, 0.2) is 0 Å². The number of rotatable bonds is 6. The SMILES string of the molecule is CC(CNC(=O)c1csc(-c2ccsc2)n1)N1CCN(c2ccccc2)CC1. The zero-order valence-electron chi connectivity index (χ0n) is 15.9. The zero-order chi connectivity index (χ0) is 19.3. The van der Waals surface area contributed by atoms with Crippen molar-refractivity contribution >= 4 is 34.3 Å². The van der Waals surface area contributed by atoms with E-state index in [1.54, 1.807) is 11.3 Å². The number of hydrogen-bond acceptors (Lipinski definition) is 6. The number of carbonyl (C=O) groups excluding carboxylic acids is 1. The van der Waals surface area contributed by atoms with Gasteiger partial charge in [-0.3, -0.25) is 9.69 Å². The Morgan fingerprint density at radius 3 is 2.64 bits per heavy atom. The van der Waals surface area contributed by atoms with E-state index in [4.69, 9.17) is 0 Å². The quantitative estimate of drug-likeness (QED) is 0.669. The van der Waals surface area contributed by atoms with Crippen molar-refractivity contribution in [2.75, 3.05) is 37.6 Å². The first-order valence-corrected chi connectivity index (χ1v) is 11.3. The summed E-state index contributed by atoms with van der Waals surface area (Å²) in [5.74, 6) is -0.0903. The van der Waals surface area contributed by atoms with Crippen LogP contribution >= 0.6 is 22.7 Å². The van der Waals surface area contributed by atoms with Crippen molar-refractivity contribution in [1.82, 2.24) is 15.2 Å². The van der Waals surface area contributed by atoms with E-state index in [-0.39, 0.29) is 5.91 Å². The molecule has 3 aromatic rings. The van der Waals surface area contributed by atoms with E-state index >= 15 is 0 Å². The van der Waals surface area contributed by atoms with E-state index < -0.39 is 0 Å². The number of hydrogen-bond donors (Lipinski definition) is 1. The number of thiazole rings is 1. The smallest absolute Gasteiger partial charge is 0.270 e. The molecule has 1 fully saturated rings. The fourth-order valence-electron chi connectivity index (χ4n) is 3.42. The summed E-state index contributed by atoms with van der Waals surface area (Å²) >= 11 is 3.15. The number of aromatic nitrogens is 1. The van der Waals surface area contributed by atoms with Gasteiger partial charge in [0.1, 0.15) is 10.7 Å². The Kier molecular flexibility index (Phi) is 6.04. The van der Waals surface area contributed by atoms with Crippen molar-refractivity contribution in [2.45, 2.75) is 13.0 Å². The number of amides is 1. The Labute approximate surface area is 173 Å². The summed E-state index contributed by atoms with van der Waals surface area (Å²) in [6.07, 6.45) is 0. The van der Waals surface area contributed by atoms with Gasteiger partial charge in [0, 0.05) is 60.8 Å². The molecular weight excluding hydrogens is 388 g/mol. The minimum atomic E-state index is -0.0903. The average molecular weight is 413 g/mol. The van der Waals surface area contributed by atoms with Gasteiger partial charge in [-0.05, 0) is 30.5 Å². The van der Waals surface area contributed by atoms with Gasteiger partial charge in [-0.15, -0.1) is 11.3 Å². The third-order valence-corrected chi connectivity index (χ3v) is 6.70. The number of piperazine rings is 1. The molecule has 0 saturated carbocycles. The van der Waals surface area contributed by atoms with Crippen molar-refractivity contribution in [3.05, 3.63) is 58.2 Å². The topological polar surface area (TPSA) is 48.5 Å². The Balaban J connectivity index is 1.25. The van der Waals surface area contributed by atoms with Crippen molar-refractivity contribution in [2.24, 2.45) is 0 Å². The molecule has 4 rings (SSSR count). The van der Waals surface area contributed by atoms with Crippen molar-refractivity contribution in [3.8, 4) is 10.6 Å². The molecule has 1 unspecified atom stereocenters. The number of benzene rings is 1. The lowest BCUT2D eigenvalue weighted by atomic mass is 10.2. The molecule has 1 aromatic carbocycles. The normalized spacial score (nSPS) is 16.1. The summed E-state index contributed by atoms with van der Waals surface area (Å²) in [7, 11) is 0. The van der Waals surface area contributed by atoms with Crippen LogP contribution in [-0.2, 0) is 0 Å². The van der Waals surface area contributed by atoms with Crippen LogP contribution in [0.2, 0.25) is 0 Å². The van der Waals surface area contributed by atoms with Gasteiger partial charge in [0.05, 0.1) is 0 Å². The van der Waals surface area contributed by atoms with E-state index in [2.05, 4.69) is 62.7 Å². The lowest BCUT2D eigenvalue weighted by molar-refractivity contribution is 0.0930. The number of nitrogens with one attached hydrogen (secondary N) is 1. The molecule has 2 aromatic heterocycles. The minimum absolute atomic E-state index is 0.0903. The second kappa shape index (κ2) is 8.86. The molecule has 0 radical (unpaired) electrons. The number of anilines is 1. The summed E-state index contributed by atoms with van der Waals surface area (Å²) in [6, 6.07) is 12.9. The first-order chi connectivity index (χ1) is 13.7. The van der Waals surface area contributed by atoms with Crippen LogP contribution in [0.5, 0.6) is 0 Å². The third kappa shape index (κ3) is 4.43. The van der Waals surface area contributed by atoms with Crippen LogP contribution < -0.4 is 10.2 Å². The number of thiophene rings is 1. The molecule has 1 saturated heterocycles. The fraction of sp³-hybridized carbons (Fsp3) is 0.333. The summed E-state index contributed by atoms with van der Waals surface area (Å²) in [5.41, 5.74) is 2.87. The Morgan fingerprint density at radius 2 is 1.93 bits per heavy atom. The van der Waals surface area contributed by atoms with Crippen LogP contribution in [0, 0.1) is 0 Å². The van der Waals surface area contributed by atoms with Crippen LogP contribution in [0.4, 0.5) is 5.69 Å². The van der Waals surface area contributed by atoms with Gasteiger partial charge < -0.3 is 10.2 Å². The highest BCUT2D eigenvalue weighted by Gasteiger charge is 2.22. The molecule has 0 spiro atoms. The van der Waals surface area contributed by atoms with E-state index in [1.165, 1.54) is 17.0 Å². The fourth-order valence-corrected chi connectivity index (χ4v) is 4.93. The second-order valence-corrected chi connectivity index (χ2v) is 8.61. The van der Waals surface area contributed by atoms with E-state index in [1.807, 2.05) is 16.8 Å². The van der Waals surface area contributed by atoms with Crippen molar-refractivity contribution in [1.29, 1.82) is 0 Å². The van der Waals surface area contributed by atoms with Crippen molar-refractivity contribution < 1.29 is 4.79 Å². The van der Waals surface area contributed by atoms with Gasteiger partial charge in [0.2, 0.25) is 0 Å². The maximum atomic E-state index is 12.5. The molecule has 146 valence electrons. The summed E-state index contributed by atoms with van der Waals surface area (Å²) in [5, 5.41) is 9.87. The van der Waals surface area contributed by atoms with E-state index in [0.717, 1.165) is 36.8 Å². The van der Waals surface area contributed by atoms with Gasteiger partial charge in [-0.1, -0.05) is 18.2 Å². The maximum Gasteiger partial charge on any atom is 0.270 e. The monoisotopic (exact) mass is 412 g/mol. The molecule has 1 atom stereocenters. The van der Waals surface area contributed by atoms with Crippen molar-refractivity contribution in [3.63, 3.8) is 0 Å². The van der Waals surface area contributed by atoms with Gasteiger partial charge in [-0.2, -0.15) is 11.3 Å². The maximum absolute atomic E-state index is 12.5. The van der Waals surface area contributed by atoms with Crippen LogP contribution in [0.25, 0.3) is 10.6 Å². The molecule has 1 aliphatic heterocycles. The standard InChI is InChI=1S/C21H24N4OS2/c1-16(24-8-10-25(11-9-24)18-5-3-2-4-6-18)13-22-20(26)19-15-28-21(23-19)17-7-12-27-14-17/h2-7,12,14-16H,8-11,13H2,1H3,(H,22,26). The predicted octanol–water partition coefficient (Wildman–Crippen LogP) is 3.81. The number of para-hydroxylation sites is 1. The summed E-state index contributed by atoms with van der Waals surface area (Å²) in [6.45, 7) is 6.85. The zero-order valence-corrected chi connectivity index (χ0v) is 17.5. The molecule has 0 bridgehead atoms. The summed E-state index contributed by atoms with van der Waals surface area (Å²) < 4.78 is 0. The molecule has 1 amide bonds. The number of nitrogens with zero attached hydrogens (tertiary/aromatic N) is 3. The Morgan fingerprint density at radius 1 is 1.14 bits per heavy atom. The lowest BCUT2D eigenvalue weighted by Gasteiger charge is -2.39. The van der Waals surface area contributed by atoms with Gasteiger partial charge in [-0.25, -0.2) is 4.98 Å². The van der Waals surface area contributed by atoms with E-state index in [9.17, 15) is 4.79 Å².